The number of amides is 1. The number of ether oxygens (including phenoxy) is 2. The van der Waals surface area contributed by atoms with Crippen molar-refractivity contribution in [1.82, 2.24) is 19.9 Å². The van der Waals surface area contributed by atoms with Gasteiger partial charge in [-0.3, -0.25) is 14.7 Å². The first-order valence-electron chi connectivity index (χ1n) is 8.63. The van der Waals surface area contributed by atoms with Gasteiger partial charge < -0.3 is 18.9 Å². The van der Waals surface area contributed by atoms with Gasteiger partial charge in [0.1, 0.15) is 11.5 Å². The molecule has 0 unspecified atom stereocenters. The Balaban J connectivity index is 1.65. The van der Waals surface area contributed by atoms with Crippen LogP contribution in [0.15, 0.2) is 22.9 Å². The van der Waals surface area contributed by atoms with E-state index in [1.54, 1.807) is 39.5 Å². The molecule has 0 radical (unpaired) electrons. The number of aryl methyl sites for hydroxylation is 1. The van der Waals surface area contributed by atoms with Gasteiger partial charge >= 0.3 is 0 Å². The standard InChI is InChI=1S/C18H24N4O4/c1-13-11-14(20-26-13)18(23)22-8-4-7-21(9-10-22)12-15-17(25-3)16(24-2)5-6-19-15/h5-6,11H,4,7-10,12H2,1-3H3. The third-order valence-electron chi connectivity index (χ3n) is 4.46. The lowest BCUT2D eigenvalue weighted by Gasteiger charge is -2.22. The molecule has 3 heterocycles. The van der Waals surface area contributed by atoms with Gasteiger partial charge in [0, 0.05) is 51.1 Å². The zero-order chi connectivity index (χ0) is 18.5. The van der Waals surface area contributed by atoms with E-state index < -0.39 is 0 Å². The van der Waals surface area contributed by atoms with E-state index in [1.807, 2.05) is 4.90 Å². The van der Waals surface area contributed by atoms with E-state index >= 15 is 0 Å². The maximum Gasteiger partial charge on any atom is 0.276 e. The van der Waals surface area contributed by atoms with Crippen LogP contribution < -0.4 is 9.47 Å². The molecule has 140 valence electrons. The normalized spacial score (nSPS) is 15.6. The van der Waals surface area contributed by atoms with Gasteiger partial charge in [0.2, 0.25) is 0 Å². The highest BCUT2D eigenvalue weighted by Gasteiger charge is 2.23. The summed E-state index contributed by atoms with van der Waals surface area (Å²) >= 11 is 0. The van der Waals surface area contributed by atoms with Crippen LogP contribution in [0.3, 0.4) is 0 Å². The van der Waals surface area contributed by atoms with Crippen LogP contribution in [-0.4, -0.2) is 66.2 Å². The summed E-state index contributed by atoms with van der Waals surface area (Å²) < 4.78 is 15.8. The number of carbonyl (C=O) groups excluding carboxylic acids is 1. The van der Waals surface area contributed by atoms with E-state index in [0.29, 0.717) is 42.6 Å². The molecule has 0 aromatic carbocycles. The molecule has 1 amide bonds. The number of aromatic nitrogens is 2. The van der Waals surface area contributed by atoms with Crippen LogP contribution in [0.25, 0.3) is 0 Å². The van der Waals surface area contributed by atoms with Crippen LogP contribution >= 0.6 is 0 Å². The lowest BCUT2D eigenvalue weighted by Crippen LogP contribution is -2.35. The first kappa shape index (κ1) is 18.2. The van der Waals surface area contributed by atoms with Crippen molar-refractivity contribution in [2.24, 2.45) is 0 Å². The van der Waals surface area contributed by atoms with Crippen molar-refractivity contribution in [2.45, 2.75) is 19.9 Å². The molecular formula is C18H24N4O4. The van der Waals surface area contributed by atoms with Crippen molar-refractivity contribution in [3.8, 4) is 11.5 Å². The van der Waals surface area contributed by atoms with Crippen molar-refractivity contribution in [3.05, 3.63) is 35.5 Å². The highest BCUT2D eigenvalue weighted by Crippen LogP contribution is 2.30. The topological polar surface area (TPSA) is 80.9 Å². The first-order chi connectivity index (χ1) is 12.6. The van der Waals surface area contributed by atoms with Crippen LogP contribution in [0.2, 0.25) is 0 Å². The third kappa shape index (κ3) is 3.96. The molecule has 8 nitrogen and oxygen atoms in total. The highest BCUT2D eigenvalue weighted by molar-refractivity contribution is 5.92. The number of rotatable bonds is 5. The maximum atomic E-state index is 12.6. The van der Waals surface area contributed by atoms with Crippen LogP contribution in [0, 0.1) is 6.92 Å². The summed E-state index contributed by atoms with van der Waals surface area (Å²) in [5.41, 5.74) is 1.20. The minimum Gasteiger partial charge on any atom is -0.493 e. The average Bonchev–Trinajstić information content (AvgIpc) is 2.95. The molecular weight excluding hydrogens is 336 g/mol. The fraction of sp³-hybridized carbons (Fsp3) is 0.500. The summed E-state index contributed by atoms with van der Waals surface area (Å²) in [6, 6.07) is 3.46. The summed E-state index contributed by atoms with van der Waals surface area (Å²) in [6.07, 6.45) is 2.60. The predicted octanol–water partition coefficient (Wildman–Crippen LogP) is 1.74. The molecule has 0 atom stereocenters. The van der Waals surface area contributed by atoms with Gasteiger partial charge in [0.25, 0.3) is 5.91 Å². The van der Waals surface area contributed by atoms with E-state index in [4.69, 9.17) is 14.0 Å². The van der Waals surface area contributed by atoms with E-state index in [1.165, 1.54) is 0 Å². The zero-order valence-electron chi connectivity index (χ0n) is 15.4. The molecule has 3 rings (SSSR count). The van der Waals surface area contributed by atoms with Crippen molar-refractivity contribution < 1.29 is 18.8 Å². The molecule has 1 aliphatic heterocycles. The summed E-state index contributed by atoms with van der Waals surface area (Å²) in [5.74, 6) is 1.89. The number of hydrogen-bond acceptors (Lipinski definition) is 7. The fourth-order valence-corrected chi connectivity index (χ4v) is 3.14. The van der Waals surface area contributed by atoms with E-state index in [9.17, 15) is 4.79 Å². The molecule has 0 N–H and O–H groups in total. The highest BCUT2D eigenvalue weighted by atomic mass is 16.5. The van der Waals surface area contributed by atoms with E-state index in [0.717, 1.165) is 25.2 Å². The summed E-state index contributed by atoms with van der Waals surface area (Å²) in [4.78, 5) is 21.1. The zero-order valence-corrected chi connectivity index (χ0v) is 15.4. The molecule has 0 bridgehead atoms. The molecule has 1 aliphatic rings. The lowest BCUT2D eigenvalue weighted by atomic mass is 10.2. The van der Waals surface area contributed by atoms with Crippen molar-refractivity contribution in [3.63, 3.8) is 0 Å². The molecule has 26 heavy (non-hydrogen) atoms. The maximum absolute atomic E-state index is 12.6. The average molecular weight is 360 g/mol. The van der Waals surface area contributed by atoms with Gasteiger partial charge in [0.15, 0.2) is 17.2 Å². The largest absolute Gasteiger partial charge is 0.493 e. The predicted molar refractivity (Wildman–Crippen MR) is 94.4 cm³/mol. The van der Waals surface area contributed by atoms with Crippen LogP contribution in [0.5, 0.6) is 11.5 Å². The van der Waals surface area contributed by atoms with Crippen molar-refractivity contribution in [1.29, 1.82) is 0 Å². The second kappa shape index (κ2) is 8.18. The van der Waals surface area contributed by atoms with Gasteiger partial charge in [-0.2, -0.15) is 0 Å². The summed E-state index contributed by atoms with van der Waals surface area (Å²) in [6.45, 7) is 5.39. The molecule has 0 spiro atoms. The summed E-state index contributed by atoms with van der Waals surface area (Å²) in [7, 11) is 3.23. The molecule has 0 saturated carbocycles. The minimum atomic E-state index is -0.0826. The smallest absolute Gasteiger partial charge is 0.276 e. The number of nitrogens with zero attached hydrogens (tertiary/aromatic N) is 4. The molecule has 1 fully saturated rings. The SMILES string of the molecule is COc1ccnc(CN2CCCN(C(=O)c3cc(C)on3)CC2)c1OC. The van der Waals surface area contributed by atoms with Gasteiger partial charge in [-0.05, 0) is 13.3 Å². The molecule has 8 heteroatoms. The molecule has 2 aromatic heterocycles. The van der Waals surface area contributed by atoms with Crippen LogP contribution in [-0.2, 0) is 6.54 Å². The van der Waals surface area contributed by atoms with Gasteiger partial charge in [-0.1, -0.05) is 5.16 Å². The fourth-order valence-electron chi connectivity index (χ4n) is 3.14. The van der Waals surface area contributed by atoms with Crippen molar-refractivity contribution in [2.75, 3.05) is 40.4 Å². The van der Waals surface area contributed by atoms with Gasteiger partial charge in [-0.15, -0.1) is 0 Å². The second-order valence-corrected chi connectivity index (χ2v) is 6.24. The van der Waals surface area contributed by atoms with E-state index in [-0.39, 0.29) is 5.91 Å². The molecule has 0 aliphatic carbocycles. The van der Waals surface area contributed by atoms with Gasteiger partial charge in [0.05, 0.1) is 14.2 Å². The Morgan fingerprint density at radius 1 is 1.23 bits per heavy atom. The Kier molecular flexibility index (Phi) is 5.72. The van der Waals surface area contributed by atoms with Crippen molar-refractivity contribution >= 4 is 5.91 Å². The van der Waals surface area contributed by atoms with Gasteiger partial charge in [-0.25, -0.2) is 0 Å². The van der Waals surface area contributed by atoms with Crippen LogP contribution in [0.1, 0.15) is 28.4 Å². The molecule has 1 saturated heterocycles. The first-order valence-corrected chi connectivity index (χ1v) is 8.63. The monoisotopic (exact) mass is 360 g/mol. The lowest BCUT2D eigenvalue weighted by molar-refractivity contribution is 0.0750. The minimum absolute atomic E-state index is 0.0826. The number of pyridine rings is 1. The Bertz CT molecular complexity index is 761. The summed E-state index contributed by atoms with van der Waals surface area (Å²) in [5, 5.41) is 3.83. The number of hydrogen-bond donors (Lipinski definition) is 0. The quantitative estimate of drug-likeness (QED) is 0.803. The van der Waals surface area contributed by atoms with E-state index in [2.05, 4.69) is 15.0 Å². The third-order valence-corrected chi connectivity index (χ3v) is 4.46. The Morgan fingerprint density at radius 2 is 2.08 bits per heavy atom. The Labute approximate surface area is 152 Å². The number of methoxy groups -OCH3 is 2. The van der Waals surface area contributed by atoms with Crippen LogP contribution in [0.4, 0.5) is 0 Å². The Hall–Kier alpha value is -2.61. The Morgan fingerprint density at radius 3 is 2.77 bits per heavy atom. The molecule has 2 aromatic rings. The second-order valence-electron chi connectivity index (χ2n) is 6.24. The number of carbonyl (C=O) groups is 1.